The molecule has 2 aromatic rings. The SMILES string of the molecule is CN1C(=O)c2ccccc2C(c2ccccc2C(=O)O)C1=O. The Morgan fingerprint density at radius 3 is 2.27 bits per heavy atom. The largest absolute Gasteiger partial charge is 0.478 e. The molecule has 1 aliphatic heterocycles. The molecule has 0 radical (unpaired) electrons. The van der Waals surface area contributed by atoms with Gasteiger partial charge in [-0.05, 0) is 23.3 Å². The monoisotopic (exact) mass is 295 g/mol. The van der Waals surface area contributed by atoms with E-state index < -0.39 is 17.8 Å². The van der Waals surface area contributed by atoms with Gasteiger partial charge in [0.25, 0.3) is 5.91 Å². The van der Waals surface area contributed by atoms with E-state index in [1.165, 1.54) is 13.1 Å². The molecular formula is C17H13NO4. The number of carboxylic acids is 1. The van der Waals surface area contributed by atoms with Crippen molar-refractivity contribution in [3.8, 4) is 0 Å². The van der Waals surface area contributed by atoms with Crippen LogP contribution in [0.1, 0.15) is 37.8 Å². The molecule has 5 nitrogen and oxygen atoms in total. The fourth-order valence-electron chi connectivity index (χ4n) is 2.79. The highest BCUT2D eigenvalue weighted by Gasteiger charge is 2.38. The molecule has 22 heavy (non-hydrogen) atoms. The summed E-state index contributed by atoms with van der Waals surface area (Å²) in [7, 11) is 1.41. The van der Waals surface area contributed by atoms with E-state index in [9.17, 15) is 19.5 Å². The van der Waals surface area contributed by atoms with E-state index in [4.69, 9.17) is 0 Å². The number of imide groups is 1. The van der Waals surface area contributed by atoms with Crippen LogP contribution in [0.5, 0.6) is 0 Å². The second-order valence-corrected chi connectivity index (χ2v) is 5.12. The predicted octanol–water partition coefficient (Wildman–Crippen LogP) is 2.13. The minimum Gasteiger partial charge on any atom is -0.478 e. The number of carbonyl (C=O) groups is 3. The molecule has 1 atom stereocenters. The minimum atomic E-state index is -1.10. The summed E-state index contributed by atoms with van der Waals surface area (Å²) in [6.45, 7) is 0. The molecule has 0 aromatic heterocycles. The van der Waals surface area contributed by atoms with E-state index in [-0.39, 0.29) is 11.5 Å². The van der Waals surface area contributed by atoms with E-state index in [1.807, 2.05) is 0 Å². The Bertz CT molecular complexity index is 797. The highest BCUT2D eigenvalue weighted by molar-refractivity contribution is 6.12. The lowest BCUT2D eigenvalue weighted by Gasteiger charge is -2.30. The van der Waals surface area contributed by atoms with Crippen LogP contribution >= 0.6 is 0 Å². The number of aromatic carboxylic acids is 1. The van der Waals surface area contributed by atoms with Crippen LogP contribution < -0.4 is 0 Å². The summed E-state index contributed by atoms with van der Waals surface area (Å²) >= 11 is 0. The van der Waals surface area contributed by atoms with Crippen LogP contribution in [0.3, 0.4) is 0 Å². The van der Waals surface area contributed by atoms with E-state index in [0.29, 0.717) is 16.7 Å². The molecule has 0 aliphatic carbocycles. The van der Waals surface area contributed by atoms with Crippen LogP contribution in [0.2, 0.25) is 0 Å². The van der Waals surface area contributed by atoms with Crippen molar-refractivity contribution in [2.45, 2.75) is 5.92 Å². The summed E-state index contributed by atoms with van der Waals surface area (Å²) in [4.78, 5) is 37.3. The first kappa shape index (κ1) is 14.0. The van der Waals surface area contributed by atoms with Gasteiger partial charge in [0.05, 0.1) is 11.5 Å². The maximum atomic E-state index is 12.6. The van der Waals surface area contributed by atoms with E-state index >= 15 is 0 Å². The summed E-state index contributed by atoms with van der Waals surface area (Å²) < 4.78 is 0. The number of fused-ring (bicyclic) bond motifs is 1. The van der Waals surface area contributed by atoms with Gasteiger partial charge in [0.2, 0.25) is 5.91 Å². The highest BCUT2D eigenvalue weighted by Crippen LogP contribution is 2.35. The van der Waals surface area contributed by atoms with Crippen molar-refractivity contribution in [3.63, 3.8) is 0 Å². The Labute approximate surface area is 126 Å². The van der Waals surface area contributed by atoms with Gasteiger partial charge < -0.3 is 5.11 Å². The summed E-state index contributed by atoms with van der Waals surface area (Å²) in [5.41, 5.74) is 1.43. The second kappa shape index (κ2) is 5.11. The molecule has 1 unspecified atom stereocenters. The summed E-state index contributed by atoms with van der Waals surface area (Å²) in [5.74, 6) is -2.67. The maximum Gasteiger partial charge on any atom is 0.335 e. The Morgan fingerprint density at radius 1 is 1.00 bits per heavy atom. The lowest BCUT2D eigenvalue weighted by atomic mass is 9.82. The quantitative estimate of drug-likeness (QED) is 0.861. The zero-order valence-corrected chi connectivity index (χ0v) is 11.8. The number of benzene rings is 2. The molecule has 0 fully saturated rings. The van der Waals surface area contributed by atoms with Crippen LogP contribution in [0, 0.1) is 0 Å². The van der Waals surface area contributed by atoms with Gasteiger partial charge in [-0.25, -0.2) is 4.79 Å². The molecule has 3 rings (SSSR count). The molecule has 2 aromatic carbocycles. The van der Waals surface area contributed by atoms with Gasteiger partial charge in [-0.15, -0.1) is 0 Å². The third kappa shape index (κ3) is 1.98. The Kier molecular flexibility index (Phi) is 3.25. The van der Waals surface area contributed by atoms with Crippen molar-refractivity contribution in [3.05, 3.63) is 70.8 Å². The zero-order chi connectivity index (χ0) is 15.9. The van der Waals surface area contributed by atoms with Crippen molar-refractivity contribution in [1.29, 1.82) is 0 Å². The molecule has 5 heteroatoms. The molecule has 0 saturated carbocycles. The first-order chi connectivity index (χ1) is 10.5. The predicted molar refractivity (Wildman–Crippen MR) is 78.8 cm³/mol. The second-order valence-electron chi connectivity index (χ2n) is 5.12. The lowest BCUT2D eigenvalue weighted by Crippen LogP contribution is -2.42. The van der Waals surface area contributed by atoms with Gasteiger partial charge in [0, 0.05) is 12.6 Å². The maximum absolute atomic E-state index is 12.6. The molecule has 0 bridgehead atoms. The smallest absolute Gasteiger partial charge is 0.335 e. The Morgan fingerprint density at radius 2 is 1.59 bits per heavy atom. The first-order valence-corrected chi connectivity index (χ1v) is 6.75. The normalized spacial score (nSPS) is 17.3. The van der Waals surface area contributed by atoms with Gasteiger partial charge in [0.1, 0.15) is 0 Å². The summed E-state index contributed by atoms with van der Waals surface area (Å²) in [6.07, 6.45) is 0. The average Bonchev–Trinajstić information content (AvgIpc) is 2.53. The van der Waals surface area contributed by atoms with Crippen LogP contribution in [0.25, 0.3) is 0 Å². The van der Waals surface area contributed by atoms with Crippen molar-refractivity contribution < 1.29 is 19.5 Å². The number of carbonyl (C=O) groups excluding carboxylic acids is 2. The van der Waals surface area contributed by atoms with Gasteiger partial charge in [-0.1, -0.05) is 36.4 Å². The fraction of sp³-hybridized carbons (Fsp3) is 0.118. The van der Waals surface area contributed by atoms with Crippen LogP contribution in [0.15, 0.2) is 48.5 Å². The van der Waals surface area contributed by atoms with Crippen LogP contribution in [-0.4, -0.2) is 34.8 Å². The lowest BCUT2D eigenvalue weighted by molar-refractivity contribution is -0.128. The molecular weight excluding hydrogens is 282 g/mol. The third-order valence-corrected chi connectivity index (χ3v) is 3.89. The molecule has 0 saturated heterocycles. The van der Waals surface area contributed by atoms with E-state index in [2.05, 4.69) is 0 Å². The number of carboxylic acid groups (broad SMARTS) is 1. The average molecular weight is 295 g/mol. The molecule has 1 N–H and O–H groups in total. The molecule has 1 aliphatic rings. The number of likely N-dealkylation sites (N-methyl/N-ethyl adjacent to an activating group) is 1. The fourth-order valence-corrected chi connectivity index (χ4v) is 2.79. The van der Waals surface area contributed by atoms with Crippen molar-refractivity contribution in [2.24, 2.45) is 0 Å². The van der Waals surface area contributed by atoms with Crippen molar-refractivity contribution in [1.82, 2.24) is 4.90 Å². The van der Waals surface area contributed by atoms with Gasteiger partial charge >= 0.3 is 5.97 Å². The van der Waals surface area contributed by atoms with Crippen LogP contribution in [0.4, 0.5) is 0 Å². The van der Waals surface area contributed by atoms with Gasteiger partial charge in [0.15, 0.2) is 0 Å². The standard InChI is InChI=1S/C17H13NO4/c1-18-15(19)12-8-4-2-6-10(12)14(16(18)20)11-7-3-5-9-13(11)17(21)22/h2-9,14H,1H3,(H,21,22). The molecule has 110 valence electrons. The number of hydrogen-bond donors (Lipinski definition) is 1. The Balaban J connectivity index is 2.27. The van der Waals surface area contributed by atoms with Gasteiger partial charge in [-0.2, -0.15) is 0 Å². The number of nitrogens with zero attached hydrogens (tertiary/aromatic N) is 1. The molecule has 2 amide bonds. The Hall–Kier alpha value is -2.95. The number of hydrogen-bond acceptors (Lipinski definition) is 3. The topological polar surface area (TPSA) is 74.7 Å². The summed E-state index contributed by atoms with van der Waals surface area (Å²) in [6, 6.07) is 13.2. The minimum absolute atomic E-state index is 0.0680. The molecule has 0 spiro atoms. The van der Waals surface area contributed by atoms with E-state index in [0.717, 1.165) is 4.90 Å². The number of rotatable bonds is 2. The van der Waals surface area contributed by atoms with Crippen molar-refractivity contribution in [2.75, 3.05) is 7.05 Å². The third-order valence-electron chi connectivity index (χ3n) is 3.89. The highest BCUT2D eigenvalue weighted by atomic mass is 16.4. The van der Waals surface area contributed by atoms with E-state index in [1.54, 1.807) is 42.5 Å². The zero-order valence-electron chi connectivity index (χ0n) is 11.8. The molecule has 1 heterocycles. The van der Waals surface area contributed by atoms with Gasteiger partial charge in [-0.3, -0.25) is 14.5 Å². The summed E-state index contributed by atoms with van der Waals surface area (Å²) in [5, 5.41) is 9.36. The number of amides is 2. The first-order valence-electron chi connectivity index (χ1n) is 6.75. The van der Waals surface area contributed by atoms with Crippen molar-refractivity contribution >= 4 is 17.8 Å². The van der Waals surface area contributed by atoms with Crippen LogP contribution in [-0.2, 0) is 4.79 Å².